The maximum atomic E-state index is 13.2. The normalized spacial score (nSPS) is 14.3. The van der Waals surface area contributed by atoms with Gasteiger partial charge in [0.05, 0.1) is 35.5 Å². The lowest BCUT2D eigenvalue weighted by Gasteiger charge is -2.13. The van der Waals surface area contributed by atoms with Crippen molar-refractivity contribution in [1.82, 2.24) is 24.5 Å². The highest BCUT2D eigenvalue weighted by Gasteiger charge is 2.25. The molecule has 5 rings (SSSR count). The van der Waals surface area contributed by atoms with Gasteiger partial charge in [0.15, 0.2) is 0 Å². The Morgan fingerprint density at radius 1 is 1.17 bits per heavy atom. The van der Waals surface area contributed by atoms with Gasteiger partial charge in [-0.2, -0.15) is 10.2 Å². The van der Waals surface area contributed by atoms with Crippen molar-refractivity contribution in [2.75, 3.05) is 4.72 Å². The minimum Gasteiger partial charge on any atom is -0.277 e. The van der Waals surface area contributed by atoms with Crippen LogP contribution in [0.5, 0.6) is 0 Å². The molecule has 0 aliphatic heterocycles. The first-order valence-corrected chi connectivity index (χ1v) is 11.4. The SMILES string of the molecule is CCc1ccc2cnn(C)c2c1NS(=O)(=O)c1cnn(-c2ccnc(C3CC3)c2)c1. The fourth-order valence-electron chi connectivity index (χ4n) is 3.68. The number of aromatic nitrogens is 5. The number of hydrogen-bond donors (Lipinski definition) is 1. The molecular formula is C21H22N6O2S. The summed E-state index contributed by atoms with van der Waals surface area (Å²) >= 11 is 0. The van der Waals surface area contributed by atoms with E-state index in [2.05, 4.69) is 19.9 Å². The van der Waals surface area contributed by atoms with Gasteiger partial charge in [0.25, 0.3) is 10.0 Å². The van der Waals surface area contributed by atoms with Crippen LogP contribution >= 0.6 is 0 Å². The van der Waals surface area contributed by atoms with Crippen molar-refractivity contribution in [3.63, 3.8) is 0 Å². The zero-order valence-corrected chi connectivity index (χ0v) is 17.6. The molecule has 9 heteroatoms. The largest absolute Gasteiger partial charge is 0.277 e. The quantitative estimate of drug-likeness (QED) is 0.514. The summed E-state index contributed by atoms with van der Waals surface area (Å²) in [4.78, 5) is 4.51. The average Bonchev–Trinajstić information content (AvgIpc) is 3.34. The molecule has 0 atom stereocenters. The summed E-state index contributed by atoms with van der Waals surface area (Å²) in [7, 11) is -2.02. The van der Waals surface area contributed by atoms with E-state index in [4.69, 9.17) is 0 Å². The van der Waals surface area contributed by atoms with Crippen molar-refractivity contribution in [3.8, 4) is 5.69 Å². The van der Waals surface area contributed by atoms with Crippen LogP contribution in [0.25, 0.3) is 16.6 Å². The topological polar surface area (TPSA) is 94.7 Å². The van der Waals surface area contributed by atoms with E-state index in [0.717, 1.165) is 40.7 Å². The lowest BCUT2D eigenvalue weighted by atomic mass is 10.1. The molecule has 8 nitrogen and oxygen atoms in total. The first-order chi connectivity index (χ1) is 14.5. The Kier molecular flexibility index (Phi) is 4.35. The molecule has 1 saturated carbocycles. The van der Waals surface area contributed by atoms with E-state index in [1.807, 2.05) is 31.2 Å². The molecule has 1 aliphatic carbocycles. The van der Waals surface area contributed by atoms with Crippen molar-refractivity contribution in [2.45, 2.75) is 37.0 Å². The Bertz CT molecular complexity index is 1350. The van der Waals surface area contributed by atoms with Gasteiger partial charge in [-0.1, -0.05) is 19.1 Å². The summed E-state index contributed by atoms with van der Waals surface area (Å²) in [6, 6.07) is 7.69. The predicted molar refractivity (Wildman–Crippen MR) is 114 cm³/mol. The summed E-state index contributed by atoms with van der Waals surface area (Å²) in [5, 5.41) is 9.43. The first-order valence-electron chi connectivity index (χ1n) is 9.93. The number of sulfonamides is 1. The average molecular weight is 423 g/mol. The molecule has 0 spiro atoms. The summed E-state index contributed by atoms with van der Waals surface area (Å²) < 4.78 is 32.4. The van der Waals surface area contributed by atoms with Gasteiger partial charge in [-0.25, -0.2) is 13.1 Å². The number of hydrogen-bond acceptors (Lipinski definition) is 5. The number of benzene rings is 1. The Hall–Kier alpha value is -3.20. The molecule has 1 N–H and O–H groups in total. The van der Waals surface area contributed by atoms with E-state index in [-0.39, 0.29) is 4.90 Å². The van der Waals surface area contributed by atoms with Crippen molar-refractivity contribution in [1.29, 1.82) is 0 Å². The van der Waals surface area contributed by atoms with Crippen LogP contribution in [-0.4, -0.2) is 33.0 Å². The van der Waals surface area contributed by atoms with E-state index >= 15 is 0 Å². The second kappa shape index (κ2) is 6.94. The number of anilines is 1. The Morgan fingerprint density at radius 3 is 2.77 bits per heavy atom. The number of pyridine rings is 1. The summed E-state index contributed by atoms with van der Waals surface area (Å²) in [6.45, 7) is 1.99. The van der Waals surface area contributed by atoms with Gasteiger partial charge >= 0.3 is 0 Å². The van der Waals surface area contributed by atoms with Crippen molar-refractivity contribution in [3.05, 3.63) is 60.3 Å². The molecule has 30 heavy (non-hydrogen) atoms. The van der Waals surface area contributed by atoms with Crippen LogP contribution in [0.3, 0.4) is 0 Å². The zero-order valence-electron chi connectivity index (χ0n) is 16.8. The Balaban J connectivity index is 1.51. The first kappa shape index (κ1) is 18.8. The van der Waals surface area contributed by atoms with Gasteiger partial charge in [-0.05, 0) is 37.0 Å². The van der Waals surface area contributed by atoms with E-state index in [1.165, 1.54) is 12.4 Å². The van der Waals surface area contributed by atoms with Crippen LogP contribution < -0.4 is 4.72 Å². The van der Waals surface area contributed by atoms with Crippen molar-refractivity contribution < 1.29 is 8.42 Å². The third-order valence-corrected chi connectivity index (χ3v) is 6.80. The van der Waals surface area contributed by atoms with Crippen LogP contribution in [0.2, 0.25) is 0 Å². The van der Waals surface area contributed by atoms with Gasteiger partial charge in [-0.3, -0.25) is 14.4 Å². The highest BCUT2D eigenvalue weighted by molar-refractivity contribution is 7.92. The third kappa shape index (κ3) is 3.24. The molecule has 3 aromatic heterocycles. The van der Waals surface area contributed by atoms with Crippen LogP contribution in [0.4, 0.5) is 5.69 Å². The van der Waals surface area contributed by atoms with Crippen LogP contribution in [0.15, 0.2) is 53.9 Å². The molecular weight excluding hydrogens is 400 g/mol. The molecule has 0 amide bonds. The molecule has 1 aliphatic rings. The van der Waals surface area contributed by atoms with E-state index in [0.29, 0.717) is 18.0 Å². The Labute approximate surface area is 174 Å². The fourth-order valence-corrected chi connectivity index (χ4v) is 4.72. The molecule has 1 aromatic carbocycles. The number of nitrogens with zero attached hydrogens (tertiary/aromatic N) is 5. The zero-order chi connectivity index (χ0) is 20.9. The lowest BCUT2D eigenvalue weighted by molar-refractivity contribution is 0.601. The third-order valence-electron chi connectivity index (χ3n) is 5.50. The fraction of sp³-hybridized carbons (Fsp3) is 0.286. The summed E-state index contributed by atoms with van der Waals surface area (Å²) in [6.07, 6.45) is 9.37. The maximum Gasteiger partial charge on any atom is 0.265 e. The standard InChI is InChI=1S/C21H22N6O2S/c1-3-14-4-7-16-11-23-26(2)21(16)20(14)25-30(28,29)18-12-24-27(13-18)17-8-9-22-19(10-17)15-5-6-15/h4,7-13,15,25H,3,5-6H2,1-2H3. The van der Waals surface area contributed by atoms with Gasteiger partial charge < -0.3 is 0 Å². The molecule has 4 aromatic rings. The maximum absolute atomic E-state index is 13.2. The van der Waals surface area contributed by atoms with Gasteiger partial charge in [-0.15, -0.1) is 0 Å². The van der Waals surface area contributed by atoms with Crippen molar-refractivity contribution >= 4 is 26.6 Å². The highest BCUT2D eigenvalue weighted by atomic mass is 32.2. The van der Waals surface area contributed by atoms with Gasteiger partial charge in [0.2, 0.25) is 0 Å². The Morgan fingerprint density at radius 2 is 2.00 bits per heavy atom. The molecule has 1 fully saturated rings. The van der Waals surface area contributed by atoms with Crippen molar-refractivity contribution in [2.24, 2.45) is 7.05 Å². The van der Waals surface area contributed by atoms with Crippen LogP contribution in [0.1, 0.15) is 36.9 Å². The lowest BCUT2D eigenvalue weighted by Crippen LogP contribution is -2.15. The molecule has 0 radical (unpaired) electrons. The van der Waals surface area contributed by atoms with Gasteiger partial charge in [0.1, 0.15) is 4.90 Å². The van der Waals surface area contributed by atoms with E-state index in [9.17, 15) is 8.42 Å². The number of aryl methyl sites for hydroxylation is 2. The molecule has 154 valence electrons. The predicted octanol–water partition coefficient (Wildman–Crippen LogP) is 3.39. The number of rotatable bonds is 6. The molecule has 0 unspecified atom stereocenters. The smallest absolute Gasteiger partial charge is 0.265 e. The highest BCUT2D eigenvalue weighted by Crippen LogP contribution is 2.39. The van der Waals surface area contributed by atoms with Crippen LogP contribution in [-0.2, 0) is 23.5 Å². The summed E-state index contributed by atoms with van der Waals surface area (Å²) in [5.41, 5.74) is 4.05. The minimum atomic E-state index is -3.82. The second-order valence-corrected chi connectivity index (χ2v) is 9.28. The molecule has 3 heterocycles. The van der Waals surface area contributed by atoms with Gasteiger partial charge in [0, 0.05) is 30.2 Å². The molecule has 0 saturated heterocycles. The molecule has 0 bridgehead atoms. The van der Waals surface area contributed by atoms with Crippen LogP contribution in [0, 0.1) is 0 Å². The number of nitrogens with one attached hydrogen (secondary N) is 1. The monoisotopic (exact) mass is 422 g/mol. The van der Waals surface area contributed by atoms with E-state index < -0.39 is 10.0 Å². The van der Waals surface area contributed by atoms with E-state index in [1.54, 1.807) is 28.8 Å². The second-order valence-electron chi connectivity index (χ2n) is 7.60. The number of fused-ring (bicyclic) bond motifs is 1. The minimum absolute atomic E-state index is 0.105. The summed E-state index contributed by atoms with van der Waals surface area (Å²) in [5.74, 6) is 0.511.